The highest BCUT2D eigenvalue weighted by Gasteiger charge is 2.48. The highest BCUT2D eigenvalue weighted by Crippen LogP contribution is 2.39. The maximum absolute atomic E-state index is 13.7. The smallest absolute Gasteiger partial charge is 0.270 e. The number of nitrogens with one attached hydrogen (secondary N) is 2. The molecule has 0 bridgehead atoms. The Morgan fingerprint density at radius 1 is 1.25 bits per heavy atom. The number of hydrogen-bond acceptors (Lipinski definition) is 6. The van der Waals surface area contributed by atoms with E-state index >= 15 is 0 Å². The number of nitrogens with zero attached hydrogens (tertiary/aromatic N) is 4. The van der Waals surface area contributed by atoms with Gasteiger partial charge in [-0.05, 0) is 24.6 Å². The Labute approximate surface area is 184 Å². The van der Waals surface area contributed by atoms with Gasteiger partial charge in [-0.25, -0.2) is 23.7 Å². The molecule has 2 N–H and O–H groups in total. The molecule has 2 aromatic heterocycles. The molecule has 0 unspecified atom stereocenters. The minimum Gasteiger partial charge on any atom is -0.365 e. The van der Waals surface area contributed by atoms with Gasteiger partial charge in [-0.1, -0.05) is 18.2 Å². The molecular formula is C23H24F2N6O. The van der Waals surface area contributed by atoms with E-state index in [1.807, 2.05) is 12.1 Å². The maximum Gasteiger partial charge on any atom is 0.270 e. The van der Waals surface area contributed by atoms with E-state index in [-0.39, 0.29) is 16.9 Å². The van der Waals surface area contributed by atoms with Crippen molar-refractivity contribution in [1.82, 2.24) is 20.3 Å². The molecule has 0 saturated carbocycles. The van der Waals surface area contributed by atoms with E-state index in [4.69, 9.17) is 0 Å². The molecular weight excluding hydrogens is 414 g/mol. The van der Waals surface area contributed by atoms with Crippen LogP contribution in [-0.2, 0) is 17.3 Å². The first-order chi connectivity index (χ1) is 15.2. The number of carbonyl (C=O) groups is 1. The zero-order valence-electron chi connectivity index (χ0n) is 18.0. The molecule has 7 nitrogen and oxygen atoms in total. The topological polar surface area (TPSA) is 83.0 Å². The number of benzene rings is 1. The molecule has 166 valence electrons. The van der Waals surface area contributed by atoms with E-state index < -0.39 is 5.92 Å². The second-order valence-electron chi connectivity index (χ2n) is 8.93. The van der Waals surface area contributed by atoms with Gasteiger partial charge in [-0.3, -0.25) is 4.79 Å². The summed E-state index contributed by atoms with van der Waals surface area (Å²) in [6.45, 7) is 5.32. The summed E-state index contributed by atoms with van der Waals surface area (Å²) >= 11 is 0. The van der Waals surface area contributed by atoms with E-state index in [9.17, 15) is 13.6 Å². The van der Waals surface area contributed by atoms with Gasteiger partial charge in [0.05, 0.1) is 11.7 Å². The number of aromatic nitrogens is 3. The minimum atomic E-state index is -2.89. The van der Waals surface area contributed by atoms with Crippen LogP contribution in [0.2, 0.25) is 0 Å². The van der Waals surface area contributed by atoms with Crippen LogP contribution in [0, 0.1) is 12.3 Å². The van der Waals surface area contributed by atoms with E-state index in [0.29, 0.717) is 36.7 Å². The number of carbonyl (C=O) groups excluding carboxylic acids is 1. The number of amides is 1. The van der Waals surface area contributed by atoms with Crippen LogP contribution in [-0.4, -0.2) is 40.5 Å². The van der Waals surface area contributed by atoms with Crippen LogP contribution in [0.4, 0.5) is 20.4 Å². The van der Waals surface area contributed by atoms with Crippen molar-refractivity contribution in [2.45, 2.75) is 32.7 Å². The van der Waals surface area contributed by atoms with Gasteiger partial charge in [0.25, 0.3) is 5.92 Å². The Morgan fingerprint density at radius 3 is 2.78 bits per heavy atom. The van der Waals surface area contributed by atoms with Crippen molar-refractivity contribution in [2.24, 2.45) is 5.41 Å². The molecule has 1 aromatic carbocycles. The molecule has 32 heavy (non-hydrogen) atoms. The van der Waals surface area contributed by atoms with Crippen LogP contribution in [0.5, 0.6) is 0 Å². The van der Waals surface area contributed by atoms with Crippen LogP contribution in [0.25, 0.3) is 10.9 Å². The molecule has 0 atom stereocenters. The molecule has 3 aromatic rings. The maximum atomic E-state index is 13.7. The van der Waals surface area contributed by atoms with Crippen molar-refractivity contribution in [2.75, 3.05) is 29.9 Å². The lowest BCUT2D eigenvalue weighted by Crippen LogP contribution is -2.57. The van der Waals surface area contributed by atoms with Crippen molar-refractivity contribution < 1.29 is 13.6 Å². The number of aryl methyl sites for hydroxylation is 1. The summed E-state index contributed by atoms with van der Waals surface area (Å²) in [5, 5.41) is 7.01. The molecule has 0 radical (unpaired) electrons. The lowest BCUT2D eigenvalue weighted by molar-refractivity contribution is -0.119. The molecule has 2 aliphatic heterocycles. The lowest BCUT2D eigenvalue weighted by Gasteiger charge is -2.47. The number of hydrogen-bond donors (Lipinski definition) is 2. The van der Waals surface area contributed by atoms with Gasteiger partial charge in [-0.15, -0.1) is 0 Å². The second-order valence-corrected chi connectivity index (χ2v) is 8.93. The monoisotopic (exact) mass is 438 g/mol. The molecule has 4 heterocycles. The Kier molecular flexibility index (Phi) is 4.72. The number of pyridine rings is 1. The first-order valence-corrected chi connectivity index (χ1v) is 10.6. The first kappa shape index (κ1) is 20.5. The molecule has 2 saturated heterocycles. The molecule has 1 spiro atoms. The summed E-state index contributed by atoms with van der Waals surface area (Å²) in [6, 6.07) is 8.33. The van der Waals surface area contributed by atoms with Gasteiger partial charge in [0.1, 0.15) is 17.5 Å². The summed E-state index contributed by atoms with van der Waals surface area (Å²) in [7, 11) is 0. The van der Waals surface area contributed by atoms with E-state index in [2.05, 4.69) is 30.5 Å². The Balaban J connectivity index is 1.38. The van der Waals surface area contributed by atoms with Gasteiger partial charge in [-0.2, -0.15) is 0 Å². The van der Waals surface area contributed by atoms with E-state index in [0.717, 1.165) is 36.8 Å². The minimum absolute atomic E-state index is 0.00489. The Morgan fingerprint density at radius 2 is 2.06 bits per heavy atom. The average Bonchev–Trinajstić information content (AvgIpc) is 3.12. The van der Waals surface area contributed by atoms with Crippen LogP contribution in [0.15, 0.2) is 36.5 Å². The molecule has 2 fully saturated rings. The summed E-state index contributed by atoms with van der Waals surface area (Å²) in [5.41, 5.74) is 1.44. The number of rotatable bonds is 5. The van der Waals surface area contributed by atoms with Crippen LogP contribution < -0.4 is 15.5 Å². The second kappa shape index (κ2) is 7.36. The standard InChI is InChI=1S/C23H24F2N6O/c1-14-29-18-10-26-19(31-12-23(13-31)8-20(32)28-11-23)7-17(18)21(30-14)27-9-15-4-3-5-16(6-15)22(2,24)25/h3-7,10H,8-9,11-13H2,1-2H3,(H,28,32)(H,27,29,30). The van der Waals surface area contributed by atoms with Gasteiger partial charge in [0.15, 0.2) is 0 Å². The third-order valence-electron chi connectivity index (χ3n) is 6.15. The predicted molar refractivity (Wildman–Crippen MR) is 118 cm³/mol. The van der Waals surface area contributed by atoms with Gasteiger partial charge in [0, 0.05) is 55.9 Å². The number of alkyl halides is 2. The summed E-state index contributed by atoms with van der Waals surface area (Å²) < 4.78 is 27.3. The van der Waals surface area contributed by atoms with E-state index in [1.165, 1.54) is 12.1 Å². The fraction of sp³-hybridized carbons (Fsp3) is 0.391. The van der Waals surface area contributed by atoms with Crippen molar-refractivity contribution in [1.29, 1.82) is 0 Å². The lowest BCUT2D eigenvalue weighted by atomic mass is 9.79. The highest BCUT2D eigenvalue weighted by molar-refractivity contribution is 5.90. The van der Waals surface area contributed by atoms with Crippen molar-refractivity contribution in [3.8, 4) is 0 Å². The molecule has 0 aliphatic carbocycles. The largest absolute Gasteiger partial charge is 0.365 e. The summed E-state index contributed by atoms with van der Waals surface area (Å²) in [6.07, 6.45) is 2.29. The molecule has 9 heteroatoms. The molecule has 1 amide bonds. The zero-order valence-corrected chi connectivity index (χ0v) is 18.0. The summed E-state index contributed by atoms with van der Waals surface area (Å²) in [5.74, 6) is -0.732. The Bertz CT molecular complexity index is 1200. The highest BCUT2D eigenvalue weighted by atomic mass is 19.3. The number of halogens is 2. The molecule has 2 aliphatic rings. The predicted octanol–water partition coefficient (Wildman–Crippen LogP) is 3.38. The quantitative estimate of drug-likeness (QED) is 0.636. The Hall–Kier alpha value is -3.36. The van der Waals surface area contributed by atoms with Crippen LogP contribution in [0.3, 0.4) is 0 Å². The zero-order chi connectivity index (χ0) is 22.5. The fourth-order valence-electron chi connectivity index (χ4n) is 4.49. The van der Waals surface area contributed by atoms with E-state index in [1.54, 1.807) is 19.2 Å². The first-order valence-electron chi connectivity index (χ1n) is 10.6. The summed E-state index contributed by atoms with van der Waals surface area (Å²) in [4.78, 5) is 27.3. The number of fused-ring (bicyclic) bond motifs is 1. The normalized spacial score (nSPS) is 17.5. The van der Waals surface area contributed by atoms with Crippen LogP contribution in [0.1, 0.15) is 30.3 Å². The average molecular weight is 438 g/mol. The number of anilines is 2. The van der Waals surface area contributed by atoms with Crippen molar-refractivity contribution in [3.05, 3.63) is 53.5 Å². The van der Waals surface area contributed by atoms with Crippen molar-refractivity contribution >= 4 is 28.4 Å². The third-order valence-corrected chi connectivity index (χ3v) is 6.15. The molecule has 5 rings (SSSR count). The van der Waals surface area contributed by atoms with Crippen molar-refractivity contribution in [3.63, 3.8) is 0 Å². The third kappa shape index (κ3) is 3.83. The van der Waals surface area contributed by atoms with Gasteiger partial charge in [0.2, 0.25) is 5.91 Å². The van der Waals surface area contributed by atoms with Crippen LogP contribution >= 0.6 is 0 Å². The van der Waals surface area contributed by atoms with Gasteiger partial charge >= 0.3 is 0 Å². The fourth-order valence-corrected chi connectivity index (χ4v) is 4.49. The SMILES string of the molecule is Cc1nc(NCc2cccc(C(C)(F)F)c2)c2cc(N3CC4(CNC(=O)C4)C3)ncc2n1. The van der Waals surface area contributed by atoms with Gasteiger partial charge < -0.3 is 15.5 Å².